The van der Waals surface area contributed by atoms with Gasteiger partial charge in [-0.3, -0.25) is 23.9 Å². The number of pyridine rings is 1. The lowest BCUT2D eigenvalue weighted by Gasteiger charge is -2.27. The summed E-state index contributed by atoms with van der Waals surface area (Å²) in [4.78, 5) is 67.8. The second-order valence-electron chi connectivity index (χ2n) is 12.4. The SMILES string of the molecule is Cc1ncc(-c2cc(CC=S)c3c(c2)c(C(N)=O)nn3CC(=O)N2[C@H](C(=O)Nc3nc(Br)ccc3C)C[C@@]3(CNC(=O)CCS)C[C@@H]23)cn1. The largest absolute Gasteiger partial charge is 0.364 e. The number of likely N-dealkylation sites (tertiary alicyclic amines) is 1. The number of fused-ring (bicyclic) bond motifs is 2. The summed E-state index contributed by atoms with van der Waals surface area (Å²) in [6.45, 7) is 3.68. The quantitative estimate of drug-likeness (QED) is 0.0958. The average molecular weight is 765 g/mol. The van der Waals surface area contributed by atoms with E-state index in [0.29, 0.717) is 58.7 Å². The number of anilines is 1. The summed E-state index contributed by atoms with van der Waals surface area (Å²) in [5.74, 6) is -0.237. The molecule has 4 heterocycles. The first-order valence-corrected chi connectivity index (χ1v) is 17.5. The second-order valence-corrected chi connectivity index (χ2v) is 14.0. The van der Waals surface area contributed by atoms with E-state index in [0.717, 1.165) is 22.3 Å². The van der Waals surface area contributed by atoms with Crippen LogP contribution in [0.1, 0.15) is 46.7 Å². The van der Waals surface area contributed by atoms with Gasteiger partial charge in [-0.2, -0.15) is 17.7 Å². The van der Waals surface area contributed by atoms with Crippen molar-refractivity contribution >= 4 is 86.5 Å². The number of nitrogens with one attached hydrogen (secondary N) is 2. The second kappa shape index (κ2) is 13.9. The van der Waals surface area contributed by atoms with E-state index in [4.69, 9.17) is 18.0 Å². The standard InChI is InChI=1S/C33H34BrN9O4S2/c1-17-3-4-25(34)39-31(17)40-32(47)23-11-33(16-38-26(44)6-8-49)12-24(33)43(23)27(45)15-42-29-19(5-7-48)9-20(21-13-36-18(2)37-14-21)10-22(29)28(41-42)30(35)46/h3-4,7,9-10,13-14,23-24,49H,5-6,8,11-12,15-16H2,1-2H3,(H2,35,46)(H,38,44)(H,39,40,47)/t23-,24+,33-/m0/s1. The number of benzene rings is 1. The number of rotatable bonds is 12. The molecule has 2 fully saturated rings. The first-order valence-electron chi connectivity index (χ1n) is 15.6. The molecule has 1 aliphatic carbocycles. The zero-order chi connectivity index (χ0) is 35.0. The lowest BCUT2D eigenvalue weighted by atomic mass is 9.98. The number of nitrogens with zero attached hydrogens (tertiary/aromatic N) is 6. The van der Waals surface area contributed by atoms with Crippen molar-refractivity contribution in [3.8, 4) is 11.1 Å². The van der Waals surface area contributed by atoms with Crippen LogP contribution in [0, 0.1) is 19.3 Å². The third-order valence-corrected chi connectivity index (χ3v) is 9.98. The maximum Gasteiger partial charge on any atom is 0.269 e. The minimum absolute atomic E-state index is 0.00267. The van der Waals surface area contributed by atoms with Crippen molar-refractivity contribution in [3.05, 3.63) is 63.9 Å². The minimum atomic E-state index is -0.834. The highest BCUT2D eigenvalue weighted by molar-refractivity contribution is 9.10. The molecule has 3 atom stereocenters. The Balaban J connectivity index is 1.35. The molecule has 1 saturated carbocycles. The molecule has 4 amide bonds. The minimum Gasteiger partial charge on any atom is -0.364 e. The molecule has 254 valence electrons. The predicted octanol–water partition coefficient (Wildman–Crippen LogP) is 3.34. The van der Waals surface area contributed by atoms with Gasteiger partial charge in [0.2, 0.25) is 17.7 Å². The lowest BCUT2D eigenvalue weighted by Crippen LogP contribution is -2.47. The van der Waals surface area contributed by atoms with Crippen LogP contribution in [0.2, 0.25) is 0 Å². The number of thiol groups is 1. The van der Waals surface area contributed by atoms with Crippen LogP contribution >= 0.6 is 40.8 Å². The van der Waals surface area contributed by atoms with Crippen LogP contribution in [0.3, 0.4) is 0 Å². The maximum absolute atomic E-state index is 14.3. The van der Waals surface area contributed by atoms with E-state index in [-0.39, 0.29) is 42.4 Å². The number of amides is 4. The van der Waals surface area contributed by atoms with Gasteiger partial charge in [-0.05, 0) is 88.6 Å². The van der Waals surface area contributed by atoms with Gasteiger partial charge >= 0.3 is 0 Å². The van der Waals surface area contributed by atoms with E-state index in [9.17, 15) is 19.2 Å². The molecule has 49 heavy (non-hydrogen) atoms. The van der Waals surface area contributed by atoms with Gasteiger partial charge in [0.25, 0.3) is 5.91 Å². The Morgan fingerprint density at radius 1 is 1.14 bits per heavy atom. The van der Waals surface area contributed by atoms with Crippen molar-refractivity contribution in [2.75, 3.05) is 17.6 Å². The maximum atomic E-state index is 14.3. The molecular weight excluding hydrogens is 730 g/mol. The van der Waals surface area contributed by atoms with Gasteiger partial charge in [0, 0.05) is 54.2 Å². The number of carbonyl (C=O) groups is 4. The molecule has 6 rings (SSSR count). The van der Waals surface area contributed by atoms with E-state index in [1.807, 2.05) is 19.1 Å². The molecular formula is C33H34BrN9O4S2. The van der Waals surface area contributed by atoms with Crippen LogP contribution in [-0.2, 0) is 27.3 Å². The number of primary amides is 1. The molecule has 0 radical (unpaired) electrons. The molecule has 4 aromatic rings. The van der Waals surface area contributed by atoms with Gasteiger partial charge in [-0.25, -0.2) is 15.0 Å². The molecule has 1 aromatic carbocycles. The van der Waals surface area contributed by atoms with Crippen LogP contribution in [0.5, 0.6) is 0 Å². The van der Waals surface area contributed by atoms with Crippen molar-refractivity contribution in [2.24, 2.45) is 11.1 Å². The first kappa shape index (κ1) is 34.6. The van der Waals surface area contributed by atoms with Gasteiger partial charge < -0.3 is 21.3 Å². The van der Waals surface area contributed by atoms with Gasteiger partial charge in [0.05, 0.1) is 5.52 Å². The van der Waals surface area contributed by atoms with Crippen molar-refractivity contribution in [3.63, 3.8) is 0 Å². The topological polar surface area (TPSA) is 178 Å². The summed E-state index contributed by atoms with van der Waals surface area (Å²) in [5, 5.41) is 12.4. The molecule has 0 bridgehead atoms. The number of aryl methyl sites for hydroxylation is 2. The van der Waals surface area contributed by atoms with Crippen LogP contribution in [0.4, 0.5) is 5.82 Å². The summed E-state index contributed by atoms with van der Waals surface area (Å²) < 4.78 is 2.02. The molecule has 2 aliphatic rings. The van der Waals surface area contributed by atoms with Crippen molar-refractivity contribution < 1.29 is 19.2 Å². The fraction of sp³-hybridized carbons (Fsp3) is 0.364. The molecule has 13 nitrogen and oxygen atoms in total. The monoisotopic (exact) mass is 763 g/mol. The highest BCUT2D eigenvalue weighted by atomic mass is 79.9. The molecule has 0 spiro atoms. The molecule has 16 heteroatoms. The number of aromatic nitrogens is 5. The number of carbonyl (C=O) groups excluding carboxylic acids is 4. The Kier molecular flexibility index (Phi) is 9.82. The van der Waals surface area contributed by atoms with Gasteiger partial charge in [-0.1, -0.05) is 18.3 Å². The molecule has 0 unspecified atom stereocenters. The number of hydrogen-bond acceptors (Lipinski definition) is 10. The highest BCUT2D eigenvalue weighted by Crippen LogP contribution is 2.59. The fourth-order valence-corrected chi connectivity index (χ4v) is 7.32. The van der Waals surface area contributed by atoms with Crippen LogP contribution in [0.15, 0.2) is 41.3 Å². The van der Waals surface area contributed by atoms with Crippen molar-refractivity contribution in [2.45, 2.75) is 58.2 Å². The van der Waals surface area contributed by atoms with Crippen molar-refractivity contribution in [1.29, 1.82) is 0 Å². The number of halogens is 1. The summed E-state index contributed by atoms with van der Waals surface area (Å²) in [5.41, 5.74) is 8.84. The van der Waals surface area contributed by atoms with Crippen LogP contribution < -0.4 is 16.4 Å². The third kappa shape index (κ3) is 6.94. The molecule has 1 aliphatic heterocycles. The third-order valence-electron chi connectivity index (χ3n) is 9.15. The Bertz CT molecular complexity index is 2000. The van der Waals surface area contributed by atoms with Gasteiger partial charge in [0.1, 0.15) is 28.8 Å². The van der Waals surface area contributed by atoms with Crippen LogP contribution in [0.25, 0.3) is 22.0 Å². The van der Waals surface area contributed by atoms with Gasteiger partial charge in [0.15, 0.2) is 5.69 Å². The lowest BCUT2D eigenvalue weighted by molar-refractivity contribution is -0.138. The average Bonchev–Trinajstić information content (AvgIpc) is 3.47. The zero-order valence-corrected chi connectivity index (χ0v) is 30.1. The van der Waals surface area contributed by atoms with Crippen molar-refractivity contribution in [1.82, 2.24) is 34.9 Å². The van der Waals surface area contributed by atoms with Crippen LogP contribution in [-0.4, -0.2) is 83.0 Å². The van der Waals surface area contributed by atoms with Gasteiger partial charge in [-0.15, -0.1) is 0 Å². The Morgan fingerprint density at radius 3 is 2.59 bits per heavy atom. The molecule has 3 aromatic heterocycles. The highest BCUT2D eigenvalue weighted by Gasteiger charge is 2.67. The van der Waals surface area contributed by atoms with E-state index < -0.39 is 17.4 Å². The smallest absolute Gasteiger partial charge is 0.269 e. The first-order chi connectivity index (χ1) is 23.4. The van der Waals surface area contributed by atoms with E-state index >= 15 is 0 Å². The number of nitrogens with two attached hydrogens (primary N) is 1. The Hall–Kier alpha value is -4.28. The molecule has 4 N–H and O–H groups in total. The zero-order valence-electron chi connectivity index (χ0n) is 26.8. The summed E-state index contributed by atoms with van der Waals surface area (Å²) in [6.07, 6.45) is 4.97. The Morgan fingerprint density at radius 2 is 1.90 bits per heavy atom. The van der Waals surface area contributed by atoms with E-state index in [2.05, 4.69) is 59.2 Å². The fourth-order valence-electron chi connectivity index (χ4n) is 6.63. The van der Waals surface area contributed by atoms with E-state index in [1.165, 1.54) is 4.68 Å². The van der Waals surface area contributed by atoms with E-state index in [1.54, 1.807) is 41.7 Å². The summed E-state index contributed by atoms with van der Waals surface area (Å²) in [6, 6.07) is 6.18. The normalized spacial score (nSPS) is 19.4. The summed E-state index contributed by atoms with van der Waals surface area (Å²) >= 11 is 12.7. The number of hydrogen-bond donors (Lipinski definition) is 4. The summed E-state index contributed by atoms with van der Waals surface area (Å²) in [7, 11) is 0. The number of piperidine rings is 1. The molecule has 1 saturated heterocycles. The number of thiocarbonyl (C=S) groups is 1. The Labute approximate surface area is 301 Å². The predicted molar refractivity (Wildman–Crippen MR) is 194 cm³/mol.